The number of hydrogen-bond donors (Lipinski definition) is 1. The van der Waals surface area contributed by atoms with Gasteiger partial charge in [0, 0.05) is 42.9 Å². The summed E-state index contributed by atoms with van der Waals surface area (Å²) in [5, 5.41) is 6.98. The van der Waals surface area contributed by atoms with Gasteiger partial charge in [-0.25, -0.2) is 0 Å². The van der Waals surface area contributed by atoms with Gasteiger partial charge in [-0.05, 0) is 67.6 Å². The van der Waals surface area contributed by atoms with Gasteiger partial charge in [-0.2, -0.15) is 4.98 Å². The first-order chi connectivity index (χ1) is 14.7. The van der Waals surface area contributed by atoms with E-state index in [-0.39, 0.29) is 5.91 Å². The Labute approximate surface area is 177 Å². The molecule has 1 aliphatic rings. The third-order valence-corrected chi connectivity index (χ3v) is 5.53. The maximum Gasteiger partial charge on any atom is 0.227 e. The lowest BCUT2D eigenvalue weighted by Gasteiger charge is -2.28. The lowest BCUT2D eigenvalue weighted by atomic mass is 10.1. The number of nitrogens with zero attached hydrogens (tertiary/aromatic N) is 3. The molecular formula is C24H28N4O2. The van der Waals surface area contributed by atoms with E-state index in [0.717, 1.165) is 30.8 Å². The Bertz CT molecular complexity index is 958. The van der Waals surface area contributed by atoms with Crippen LogP contribution in [0.5, 0.6) is 0 Å². The van der Waals surface area contributed by atoms with E-state index in [0.29, 0.717) is 24.6 Å². The van der Waals surface area contributed by atoms with Gasteiger partial charge in [-0.3, -0.25) is 4.79 Å². The molecule has 0 unspecified atom stereocenters. The number of aromatic nitrogens is 2. The van der Waals surface area contributed by atoms with Gasteiger partial charge in [0.25, 0.3) is 0 Å². The number of piperidine rings is 1. The van der Waals surface area contributed by atoms with Gasteiger partial charge in [0.15, 0.2) is 0 Å². The summed E-state index contributed by atoms with van der Waals surface area (Å²) in [4.78, 5) is 19.1. The summed E-state index contributed by atoms with van der Waals surface area (Å²) in [5.41, 5.74) is 4.21. The molecule has 30 heavy (non-hydrogen) atoms. The van der Waals surface area contributed by atoms with Crippen LogP contribution in [0.2, 0.25) is 0 Å². The molecule has 1 N–H and O–H groups in total. The van der Waals surface area contributed by atoms with Crippen LogP contribution in [0, 0.1) is 0 Å². The number of amides is 1. The van der Waals surface area contributed by atoms with Crippen LogP contribution in [-0.2, 0) is 17.6 Å². The summed E-state index contributed by atoms with van der Waals surface area (Å²) in [6.45, 7) is 4.35. The summed E-state index contributed by atoms with van der Waals surface area (Å²) < 4.78 is 5.34. The number of nitrogens with one attached hydrogen (secondary N) is 1. The molecule has 3 aromatic rings. The van der Waals surface area contributed by atoms with Crippen LogP contribution in [0.3, 0.4) is 0 Å². The Morgan fingerprint density at radius 3 is 2.47 bits per heavy atom. The molecule has 0 atom stereocenters. The van der Waals surface area contributed by atoms with Crippen LogP contribution in [0.1, 0.15) is 44.1 Å². The quantitative estimate of drug-likeness (QED) is 0.609. The number of aryl methyl sites for hydroxylation is 2. The van der Waals surface area contributed by atoms with E-state index in [1.165, 1.54) is 30.5 Å². The highest BCUT2D eigenvalue weighted by atomic mass is 16.5. The van der Waals surface area contributed by atoms with Crippen molar-refractivity contribution in [3.63, 3.8) is 0 Å². The number of carbonyl (C=O) groups excluding carboxylic acids is 1. The average molecular weight is 405 g/mol. The second-order valence-corrected chi connectivity index (χ2v) is 7.70. The van der Waals surface area contributed by atoms with E-state index in [9.17, 15) is 4.79 Å². The highest BCUT2D eigenvalue weighted by Crippen LogP contribution is 2.24. The van der Waals surface area contributed by atoms with Crippen molar-refractivity contribution >= 4 is 17.3 Å². The summed E-state index contributed by atoms with van der Waals surface area (Å²) in [7, 11) is 0. The second-order valence-electron chi connectivity index (χ2n) is 7.70. The molecule has 0 radical (unpaired) electrons. The molecule has 156 valence electrons. The maximum absolute atomic E-state index is 12.2. The Morgan fingerprint density at radius 1 is 1.03 bits per heavy atom. The van der Waals surface area contributed by atoms with Crippen molar-refractivity contribution in [3.8, 4) is 11.4 Å². The molecule has 1 aromatic heterocycles. The van der Waals surface area contributed by atoms with E-state index in [1.54, 1.807) is 0 Å². The lowest BCUT2D eigenvalue weighted by molar-refractivity contribution is -0.116. The van der Waals surface area contributed by atoms with E-state index in [4.69, 9.17) is 4.52 Å². The fourth-order valence-corrected chi connectivity index (χ4v) is 3.71. The summed E-state index contributed by atoms with van der Waals surface area (Å²) in [6, 6.07) is 16.2. The Kier molecular flexibility index (Phi) is 6.42. The van der Waals surface area contributed by atoms with Crippen LogP contribution in [0.4, 0.5) is 11.4 Å². The fraction of sp³-hybridized carbons (Fsp3) is 0.375. The molecule has 4 rings (SSSR count). The number of benzene rings is 2. The highest BCUT2D eigenvalue weighted by molar-refractivity contribution is 5.90. The summed E-state index contributed by atoms with van der Waals surface area (Å²) >= 11 is 0. The monoisotopic (exact) mass is 404 g/mol. The SMILES string of the molecule is CCc1ccc(NC(=O)CCc2nc(-c3ccc(N4CCCCC4)cc3)no2)cc1. The zero-order valence-electron chi connectivity index (χ0n) is 17.4. The van der Waals surface area contributed by atoms with Crippen LogP contribution < -0.4 is 10.2 Å². The van der Waals surface area contributed by atoms with Crippen LogP contribution in [-0.4, -0.2) is 29.1 Å². The van der Waals surface area contributed by atoms with Gasteiger partial charge in [0.2, 0.25) is 17.6 Å². The van der Waals surface area contributed by atoms with Crippen LogP contribution in [0.25, 0.3) is 11.4 Å². The van der Waals surface area contributed by atoms with E-state index in [2.05, 4.69) is 39.4 Å². The van der Waals surface area contributed by atoms with Gasteiger partial charge in [0.1, 0.15) is 0 Å². The van der Waals surface area contributed by atoms with Crippen molar-refractivity contribution in [2.45, 2.75) is 45.4 Å². The van der Waals surface area contributed by atoms with Gasteiger partial charge in [-0.15, -0.1) is 0 Å². The fourth-order valence-electron chi connectivity index (χ4n) is 3.71. The Morgan fingerprint density at radius 2 is 1.77 bits per heavy atom. The molecule has 1 fully saturated rings. The average Bonchev–Trinajstić information content (AvgIpc) is 3.28. The smallest absolute Gasteiger partial charge is 0.227 e. The minimum atomic E-state index is -0.0649. The van der Waals surface area contributed by atoms with Gasteiger partial charge < -0.3 is 14.7 Å². The van der Waals surface area contributed by atoms with Crippen molar-refractivity contribution in [2.75, 3.05) is 23.3 Å². The van der Waals surface area contributed by atoms with Crippen LogP contribution >= 0.6 is 0 Å². The predicted molar refractivity (Wildman–Crippen MR) is 119 cm³/mol. The molecular weight excluding hydrogens is 376 g/mol. The van der Waals surface area contributed by atoms with E-state index < -0.39 is 0 Å². The van der Waals surface area contributed by atoms with Gasteiger partial charge in [0.05, 0.1) is 0 Å². The normalized spacial score (nSPS) is 14.0. The minimum Gasteiger partial charge on any atom is -0.372 e. The molecule has 0 saturated carbocycles. The molecule has 6 heteroatoms. The summed E-state index contributed by atoms with van der Waals surface area (Å²) in [6.07, 6.45) is 5.53. The Balaban J connectivity index is 1.30. The molecule has 0 spiro atoms. The molecule has 2 aromatic carbocycles. The van der Waals surface area contributed by atoms with Crippen molar-refractivity contribution in [1.29, 1.82) is 0 Å². The largest absolute Gasteiger partial charge is 0.372 e. The van der Waals surface area contributed by atoms with Crippen molar-refractivity contribution < 1.29 is 9.32 Å². The number of carbonyl (C=O) groups is 1. The maximum atomic E-state index is 12.2. The number of anilines is 2. The van der Waals surface area contributed by atoms with Crippen molar-refractivity contribution in [2.24, 2.45) is 0 Å². The summed E-state index contributed by atoms with van der Waals surface area (Å²) in [5.74, 6) is 0.970. The molecule has 2 heterocycles. The molecule has 1 saturated heterocycles. The van der Waals surface area contributed by atoms with Gasteiger partial charge in [-0.1, -0.05) is 24.2 Å². The first-order valence-electron chi connectivity index (χ1n) is 10.8. The predicted octanol–water partition coefficient (Wildman–Crippen LogP) is 4.86. The lowest BCUT2D eigenvalue weighted by Crippen LogP contribution is -2.29. The van der Waals surface area contributed by atoms with Crippen molar-refractivity contribution in [1.82, 2.24) is 10.1 Å². The third-order valence-electron chi connectivity index (χ3n) is 5.53. The van der Waals surface area contributed by atoms with Crippen molar-refractivity contribution in [3.05, 3.63) is 60.0 Å². The van der Waals surface area contributed by atoms with E-state index in [1.807, 2.05) is 36.4 Å². The molecule has 1 aliphatic heterocycles. The molecule has 0 bridgehead atoms. The second kappa shape index (κ2) is 9.57. The zero-order chi connectivity index (χ0) is 20.8. The Hall–Kier alpha value is -3.15. The van der Waals surface area contributed by atoms with Crippen LogP contribution in [0.15, 0.2) is 53.1 Å². The first-order valence-corrected chi connectivity index (χ1v) is 10.8. The number of hydrogen-bond acceptors (Lipinski definition) is 5. The minimum absolute atomic E-state index is 0.0649. The number of rotatable bonds is 7. The van der Waals surface area contributed by atoms with E-state index >= 15 is 0 Å². The molecule has 0 aliphatic carbocycles. The van der Waals surface area contributed by atoms with Gasteiger partial charge >= 0.3 is 0 Å². The zero-order valence-corrected chi connectivity index (χ0v) is 17.4. The first kappa shape index (κ1) is 20.1. The molecule has 6 nitrogen and oxygen atoms in total. The molecule has 1 amide bonds. The highest BCUT2D eigenvalue weighted by Gasteiger charge is 2.13. The third kappa shape index (κ3) is 5.06. The topological polar surface area (TPSA) is 71.3 Å². The standard InChI is InChI=1S/C24H28N4O2/c1-2-18-6-10-20(11-7-18)25-22(29)14-15-23-26-24(27-30-23)19-8-12-21(13-9-19)28-16-4-3-5-17-28/h6-13H,2-5,14-17H2,1H3,(H,25,29).